The van der Waals surface area contributed by atoms with E-state index < -0.39 is 6.09 Å². The van der Waals surface area contributed by atoms with E-state index in [1.165, 1.54) is 0 Å². The second-order valence-electron chi connectivity index (χ2n) is 4.47. The van der Waals surface area contributed by atoms with Gasteiger partial charge in [-0.1, -0.05) is 20.3 Å². The van der Waals surface area contributed by atoms with Crippen molar-refractivity contribution in [2.45, 2.75) is 51.7 Å². The topological polar surface area (TPSA) is 75.6 Å². The van der Waals surface area contributed by atoms with Crippen LogP contribution in [0, 0.1) is 5.92 Å². The molecule has 0 spiro atoms. The average Bonchev–Trinajstić information content (AvgIpc) is 2.20. The zero-order chi connectivity index (χ0) is 12.1. The van der Waals surface area contributed by atoms with E-state index >= 15 is 0 Å². The minimum Gasteiger partial charge on any atom is -0.465 e. The van der Waals surface area contributed by atoms with Gasteiger partial charge >= 0.3 is 12.1 Å². The number of nitrogens with one attached hydrogen (secondary N) is 1. The molecule has 1 amide bonds. The average molecular weight is 229 g/mol. The number of carbonyl (C=O) groups is 2. The third-order valence-corrected chi connectivity index (χ3v) is 2.75. The molecule has 0 heterocycles. The van der Waals surface area contributed by atoms with Gasteiger partial charge in [0.05, 0.1) is 12.0 Å². The molecule has 1 saturated carbocycles. The predicted octanol–water partition coefficient (Wildman–Crippen LogP) is 1.76. The molecule has 1 aliphatic rings. The Kier molecular flexibility index (Phi) is 4.58. The van der Waals surface area contributed by atoms with E-state index in [1.54, 1.807) is 13.8 Å². The summed E-state index contributed by atoms with van der Waals surface area (Å²) < 4.78 is 5.30. The van der Waals surface area contributed by atoms with Crippen LogP contribution in [0.2, 0.25) is 0 Å². The zero-order valence-electron chi connectivity index (χ0n) is 9.73. The van der Waals surface area contributed by atoms with Crippen LogP contribution in [-0.2, 0) is 9.53 Å². The van der Waals surface area contributed by atoms with E-state index in [0.717, 1.165) is 25.7 Å². The smallest absolute Gasteiger partial charge is 0.405 e. The lowest BCUT2D eigenvalue weighted by Crippen LogP contribution is -2.46. The van der Waals surface area contributed by atoms with Gasteiger partial charge in [-0.3, -0.25) is 4.79 Å². The Hall–Kier alpha value is -1.26. The van der Waals surface area contributed by atoms with Gasteiger partial charge in [0, 0.05) is 0 Å². The van der Waals surface area contributed by atoms with Gasteiger partial charge in [0.15, 0.2) is 0 Å². The lowest BCUT2D eigenvalue weighted by atomic mass is 9.92. The highest BCUT2D eigenvalue weighted by Gasteiger charge is 2.30. The maximum Gasteiger partial charge on any atom is 0.405 e. The number of hydrogen-bond donors (Lipinski definition) is 2. The molecule has 1 fully saturated rings. The molecule has 0 saturated heterocycles. The molecule has 92 valence electrons. The van der Waals surface area contributed by atoms with Crippen LogP contribution in [0.1, 0.15) is 39.5 Å². The fourth-order valence-corrected chi connectivity index (χ4v) is 1.85. The first kappa shape index (κ1) is 12.8. The number of hydrogen-bond acceptors (Lipinski definition) is 3. The first-order valence-corrected chi connectivity index (χ1v) is 5.70. The van der Waals surface area contributed by atoms with Crippen LogP contribution in [0.5, 0.6) is 0 Å². The van der Waals surface area contributed by atoms with Crippen molar-refractivity contribution in [2.24, 2.45) is 5.92 Å². The van der Waals surface area contributed by atoms with Crippen molar-refractivity contribution in [3.8, 4) is 0 Å². The molecular weight excluding hydrogens is 210 g/mol. The van der Waals surface area contributed by atoms with Crippen LogP contribution >= 0.6 is 0 Å². The molecule has 5 heteroatoms. The number of amides is 1. The number of ether oxygens (including phenoxy) is 1. The van der Waals surface area contributed by atoms with Crippen LogP contribution in [0.25, 0.3) is 0 Å². The molecule has 0 radical (unpaired) electrons. The molecule has 0 aliphatic heterocycles. The van der Waals surface area contributed by atoms with Gasteiger partial charge in [-0.2, -0.15) is 0 Å². The van der Waals surface area contributed by atoms with Gasteiger partial charge in [-0.05, 0) is 19.3 Å². The highest BCUT2D eigenvalue weighted by Crippen LogP contribution is 2.22. The second-order valence-corrected chi connectivity index (χ2v) is 4.47. The van der Waals surface area contributed by atoms with Crippen molar-refractivity contribution in [1.29, 1.82) is 0 Å². The molecule has 0 aromatic carbocycles. The van der Waals surface area contributed by atoms with Gasteiger partial charge in [0.1, 0.15) is 6.10 Å². The van der Waals surface area contributed by atoms with Gasteiger partial charge in [-0.15, -0.1) is 0 Å². The van der Waals surface area contributed by atoms with Gasteiger partial charge < -0.3 is 15.2 Å². The van der Waals surface area contributed by atoms with E-state index in [1.807, 2.05) is 0 Å². The molecule has 16 heavy (non-hydrogen) atoms. The maximum absolute atomic E-state index is 11.4. The number of esters is 1. The summed E-state index contributed by atoms with van der Waals surface area (Å²) in [5.41, 5.74) is 0. The fourth-order valence-electron chi connectivity index (χ4n) is 1.85. The predicted molar refractivity (Wildman–Crippen MR) is 58.1 cm³/mol. The van der Waals surface area contributed by atoms with Gasteiger partial charge in [0.2, 0.25) is 0 Å². The highest BCUT2D eigenvalue weighted by molar-refractivity contribution is 5.72. The Morgan fingerprint density at radius 1 is 1.31 bits per heavy atom. The zero-order valence-corrected chi connectivity index (χ0v) is 9.73. The van der Waals surface area contributed by atoms with E-state index in [4.69, 9.17) is 9.84 Å². The van der Waals surface area contributed by atoms with Crippen LogP contribution < -0.4 is 5.32 Å². The SMILES string of the molecule is CC(C)C(=O)O[C@@H]1CCCC[C@@H]1NC(=O)O. The van der Waals surface area contributed by atoms with Crippen molar-refractivity contribution in [3.05, 3.63) is 0 Å². The third-order valence-electron chi connectivity index (χ3n) is 2.75. The Balaban J connectivity index is 2.53. The Morgan fingerprint density at radius 2 is 1.94 bits per heavy atom. The van der Waals surface area contributed by atoms with Crippen LogP contribution in [0.15, 0.2) is 0 Å². The monoisotopic (exact) mass is 229 g/mol. The van der Waals surface area contributed by atoms with Gasteiger partial charge in [-0.25, -0.2) is 4.79 Å². The lowest BCUT2D eigenvalue weighted by Gasteiger charge is -2.31. The maximum atomic E-state index is 11.4. The third kappa shape index (κ3) is 3.72. The summed E-state index contributed by atoms with van der Waals surface area (Å²) in [5, 5.41) is 11.1. The number of carbonyl (C=O) groups excluding carboxylic acids is 1. The largest absolute Gasteiger partial charge is 0.465 e. The molecule has 0 aromatic rings. The molecule has 2 N–H and O–H groups in total. The fraction of sp³-hybridized carbons (Fsp3) is 0.818. The molecule has 1 rings (SSSR count). The van der Waals surface area contributed by atoms with Gasteiger partial charge in [0.25, 0.3) is 0 Å². The van der Waals surface area contributed by atoms with Crippen molar-refractivity contribution in [1.82, 2.24) is 5.32 Å². The first-order valence-electron chi connectivity index (χ1n) is 5.70. The minimum atomic E-state index is -1.06. The summed E-state index contributed by atoms with van der Waals surface area (Å²) in [6.45, 7) is 3.54. The summed E-state index contributed by atoms with van der Waals surface area (Å²) in [4.78, 5) is 22.0. The standard InChI is InChI=1S/C11H19NO4/c1-7(2)10(13)16-9-6-4-3-5-8(9)12-11(14)15/h7-9,12H,3-6H2,1-2H3,(H,14,15)/t8-,9+/m0/s1. The normalized spacial score (nSPS) is 25.2. The lowest BCUT2D eigenvalue weighted by molar-refractivity contribution is -0.155. The summed E-state index contributed by atoms with van der Waals surface area (Å²) in [5.74, 6) is -0.434. The summed E-state index contributed by atoms with van der Waals surface area (Å²) in [6, 6.07) is -0.256. The number of rotatable bonds is 3. The highest BCUT2D eigenvalue weighted by atomic mass is 16.5. The molecular formula is C11H19NO4. The molecule has 1 aliphatic carbocycles. The summed E-state index contributed by atoms with van der Waals surface area (Å²) >= 11 is 0. The van der Waals surface area contributed by atoms with E-state index in [2.05, 4.69) is 5.32 Å². The van der Waals surface area contributed by atoms with Crippen LogP contribution in [-0.4, -0.2) is 29.3 Å². The molecule has 2 atom stereocenters. The summed E-state index contributed by atoms with van der Waals surface area (Å²) in [6.07, 6.45) is 2.07. The van der Waals surface area contributed by atoms with Crippen LogP contribution in [0.4, 0.5) is 4.79 Å². The van der Waals surface area contributed by atoms with Crippen molar-refractivity contribution in [2.75, 3.05) is 0 Å². The van der Waals surface area contributed by atoms with E-state index in [0.29, 0.717) is 0 Å². The molecule has 0 aromatic heterocycles. The quantitative estimate of drug-likeness (QED) is 0.723. The van der Waals surface area contributed by atoms with Crippen molar-refractivity contribution < 1.29 is 19.4 Å². The second kappa shape index (κ2) is 5.72. The number of carboxylic acid groups (broad SMARTS) is 1. The van der Waals surface area contributed by atoms with E-state index in [-0.39, 0.29) is 24.0 Å². The van der Waals surface area contributed by atoms with Crippen LogP contribution in [0.3, 0.4) is 0 Å². The van der Waals surface area contributed by atoms with Crippen molar-refractivity contribution >= 4 is 12.1 Å². The molecule has 5 nitrogen and oxygen atoms in total. The van der Waals surface area contributed by atoms with Crippen molar-refractivity contribution in [3.63, 3.8) is 0 Å². The molecule has 0 unspecified atom stereocenters. The Bertz CT molecular complexity index is 265. The molecule has 0 bridgehead atoms. The minimum absolute atomic E-state index is 0.174. The Labute approximate surface area is 95.2 Å². The van der Waals surface area contributed by atoms with E-state index in [9.17, 15) is 9.59 Å². The first-order chi connectivity index (χ1) is 7.50. The summed E-state index contributed by atoms with van der Waals surface area (Å²) in [7, 11) is 0. The Morgan fingerprint density at radius 3 is 2.50 bits per heavy atom.